The Morgan fingerprint density at radius 3 is 2.50 bits per heavy atom. The van der Waals surface area contributed by atoms with Gasteiger partial charge in [0.2, 0.25) is 15.9 Å². The van der Waals surface area contributed by atoms with Gasteiger partial charge in [-0.1, -0.05) is 6.92 Å². The highest BCUT2D eigenvalue weighted by Crippen LogP contribution is 2.47. The van der Waals surface area contributed by atoms with Gasteiger partial charge in [-0.05, 0) is 31.4 Å². The van der Waals surface area contributed by atoms with Crippen LogP contribution in [-0.2, 0) is 21.2 Å². The minimum absolute atomic E-state index is 0.0706. The maximum absolute atomic E-state index is 12.3. The number of carbonyl (C=O) groups is 1. The van der Waals surface area contributed by atoms with E-state index in [0.717, 1.165) is 11.5 Å². The standard InChI is InChI=1S/C17H26N2O4S/c1-3-24(21,22)19-10-8-18(9-11-19)17(20)7-5-14-4-6-16(23-14)15-12-13(15)2/h4,6,13,15H,3,5,7-12H2,1-2H3. The summed E-state index contributed by atoms with van der Waals surface area (Å²) >= 11 is 0. The molecule has 2 atom stereocenters. The number of furan rings is 1. The Morgan fingerprint density at radius 2 is 1.92 bits per heavy atom. The minimum Gasteiger partial charge on any atom is -0.466 e. The van der Waals surface area contributed by atoms with Gasteiger partial charge in [0, 0.05) is 44.9 Å². The first-order valence-electron chi connectivity index (χ1n) is 8.75. The van der Waals surface area contributed by atoms with Gasteiger partial charge in [-0.3, -0.25) is 4.79 Å². The van der Waals surface area contributed by atoms with Crippen molar-refractivity contribution in [1.82, 2.24) is 9.21 Å². The molecule has 0 bridgehead atoms. The van der Waals surface area contributed by atoms with Crippen LogP contribution in [0.15, 0.2) is 16.5 Å². The van der Waals surface area contributed by atoms with Crippen molar-refractivity contribution in [2.45, 2.75) is 39.0 Å². The number of carbonyl (C=O) groups excluding carboxylic acids is 1. The first kappa shape index (κ1) is 17.5. The van der Waals surface area contributed by atoms with Crippen LogP contribution in [0.5, 0.6) is 0 Å². The third-order valence-corrected chi connectivity index (χ3v) is 6.97. The molecule has 2 fully saturated rings. The molecule has 1 aliphatic carbocycles. The highest BCUT2D eigenvalue weighted by Gasteiger charge is 2.36. The van der Waals surface area contributed by atoms with Crippen molar-refractivity contribution in [3.63, 3.8) is 0 Å². The molecule has 1 saturated carbocycles. The Morgan fingerprint density at radius 1 is 1.25 bits per heavy atom. The van der Waals surface area contributed by atoms with E-state index in [-0.39, 0.29) is 11.7 Å². The maximum Gasteiger partial charge on any atom is 0.223 e. The molecule has 1 amide bonds. The molecule has 0 radical (unpaired) electrons. The molecule has 0 N–H and O–H groups in total. The van der Waals surface area contributed by atoms with Gasteiger partial charge >= 0.3 is 0 Å². The second-order valence-electron chi connectivity index (χ2n) is 6.80. The van der Waals surface area contributed by atoms with Crippen LogP contribution in [0.3, 0.4) is 0 Å². The van der Waals surface area contributed by atoms with Crippen LogP contribution in [0, 0.1) is 5.92 Å². The molecule has 2 unspecified atom stereocenters. The van der Waals surface area contributed by atoms with E-state index in [2.05, 4.69) is 6.92 Å². The van der Waals surface area contributed by atoms with Gasteiger partial charge in [-0.2, -0.15) is 4.31 Å². The van der Waals surface area contributed by atoms with Crippen LogP contribution in [0.2, 0.25) is 0 Å². The van der Waals surface area contributed by atoms with Crippen LogP contribution in [0.4, 0.5) is 0 Å². The second kappa shape index (κ2) is 6.88. The quantitative estimate of drug-likeness (QED) is 0.781. The molecule has 1 aliphatic heterocycles. The lowest BCUT2D eigenvalue weighted by Gasteiger charge is -2.33. The number of nitrogens with zero attached hydrogens (tertiary/aromatic N) is 2. The highest BCUT2D eigenvalue weighted by atomic mass is 32.2. The summed E-state index contributed by atoms with van der Waals surface area (Å²) in [7, 11) is -3.15. The summed E-state index contributed by atoms with van der Waals surface area (Å²) in [5.74, 6) is 3.36. The smallest absolute Gasteiger partial charge is 0.223 e. The molecule has 2 aliphatic rings. The van der Waals surface area contributed by atoms with Crippen LogP contribution in [0.1, 0.15) is 44.1 Å². The van der Waals surface area contributed by atoms with Crippen molar-refractivity contribution in [2.75, 3.05) is 31.9 Å². The van der Waals surface area contributed by atoms with E-state index in [9.17, 15) is 13.2 Å². The zero-order valence-corrected chi connectivity index (χ0v) is 15.2. The molecule has 1 aromatic heterocycles. The number of rotatable bonds is 6. The fourth-order valence-corrected chi connectivity index (χ4v) is 4.32. The Bertz CT molecular complexity index is 689. The van der Waals surface area contributed by atoms with Crippen molar-refractivity contribution >= 4 is 15.9 Å². The molecular weight excluding hydrogens is 328 g/mol. The molecule has 6 nitrogen and oxygen atoms in total. The predicted octanol–water partition coefficient (Wildman–Crippen LogP) is 1.83. The summed E-state index contributed by atoms with van der Waals surface area (Å²) in [6.45, 7) is 5.60. The number of hydrogen-bond acceptors (Lipinski definition) is 4. The normalized spacial score (nSPS) is 25.0. The van der Waals surface area contributed by atoms with Crippen LogP contribution in [0.25, 0.3) is 0 Å². The summed E-state index contributed by atoms with van der Waals surface area (Å²) in [4.78, 5) is 14.1. The van der Waals surface area contributed by atoms with Gasteiger partial charge in [0.25, 0.3) is 0 Å². The molecule has 2 heterocycles. The van der Waals surface area contributed by atoms with E-state index in [0.29, 0.717) is 50.9 Å². The number of piperazine rings is 1. The SMILES string of the molecule is CCS(=O)(=O)N1CCN(C(=O)CCc2ccc(C3CC3C)o2)CC1. The number of sulfonamides is 1. The Labute approximate surface area is 143 Å². The van der Waals surface area contributed by atoms with E-state index in [1.54, 1.807) is 11.8 Å². The summed E-state index contributed by atoms with van der Waals surface area (Å²) < 4.78 is 31.0. The third kappa shape index (κ3) is 3.83. The predicted molar refractivity (Wildman–Crippen MR) is 91.2 cm³/mol. The second-order valence-corrected chi connectivity index (χ2v) is 9.06. The van der Waals surface area contributed by atoms with Gasteiger partial charge < -0.3 is 9.32 Å². The monoisotopic (exact) mass is 354 g/mol. The van der Waals surface area contributed by atoms with Crippen molar-refractivity contribution in [2.24, 2.45) is 5.92 Å². The molecular formula is C17H26N2O4S. The van der Waals surface area contributed by atoms with E-state index in [1.807, 2.05) is 12.1 Å². The summed E-state index contributed by atoms with van der Waals surface area (Å²) in [6, 6.07) is 4.00. The van der Waals surface area contributed by atoms with Gasteiger partial charge in [0.15, 0.2) is 0 Å². The molecule has 7 heteroatoms. The lowest BCUT2D eigenvalue weighted by molar-refractivity contribution is -0.132. The van der Waals surface area contributed by atoms with Crippen molar-refractivity contribution in [1.29, 1.82) is 0 Å². The van der Waals surface area contributed by atoms with E-state index >= 15 is 0 Å². The highest BCUT2D eigenvalue weighted by molar-refractivity contribution is 7.89. The number of amides is 1. The average Bonchev–Trinajstić information content (AvgIpc) is 3.13. The first-order valence-corrected chi connectivity index (χ1v) is 10.4. The fraction of sp³-hybridized carbons (Fsp3) is 0.706. The average molecular weight is 354 g/mol. The third-order valence-electron chi connectivity index (χ3n) is 5.09. The van der Waals surface area contributed by atoms with Crippen LogP contribution in [-0.4, -0.2) is 55.5 Å². The van der Waals surface area contributed by atoms with Crippen LogP contribution >= 0.6 is 0 Å². The Kier molecular flexibility index (Phi) is 5.01. The van der Waals surface area contributed by atoms with Crippen LogP contribution < -0.4 is 0 Å². The lowest BCUT2D eigenvalue weighted by atomic mass is 10.2. The first-order chi connectivity index (χ1) is 11.4. The maximum atomic E-state index is 12.3. The van der Waals surface area contributed by atoms with E-state index in [1.165, 1.54) is 10.7 Å². The van der Waals surface area contributed by atoms with Gasteiger partial charge in [-0.25, -0.2) is 8.42 Å². The molecule has 1 saturated heterocycles. The zero-order chi connectivity index (χ0) is 17.3. The number of hydrogen-bond donors (Lipinski definition) is 0. The Balaban J connectivity index is 1.45. The van der Waals surface area contributed by atoms with Crippen molar-refractivity contribution < 1.29 is 17.6 Å². The van der Waals surface area contributed by atoms with E-state index in [4.69, 9.17) is 4.42 Å². The topological polar surface area (TPSA) is 70.8 Å². The summed E-state index contributed by atoms with van der Waals surface area (Å²) in [5.41, 5.74) is 0. The van der Waals surface area contributed by atoms with Gasteiger partial charge in [0.1, 0.15) is 11.5 Å². The van der Waals surface area contributed by atoms with E-state index < -0.39 is 10.0 Å². The molecule has 0 spiro atoms. The number of aryl methyl sites for hydroxylation is 1. The van der Waals surface area contributed by atoms with Crippen molar-refractivity contribution in [3.8, 4) is 0 Å². The zero-order valence-electron chi connectivity index (χ0n) is 14.4. The Hall–Kier alpha value is -1.34. The molecule has 0 aromatic carbocycles. The van der Waals surface area contributed by atoms with Gasteiger partial charge in [0.05, 0.1) is 5.75 Å². The van der Waals surface area contributed by atoms with Crippen molar-refractivity contribution in [3.05, 3.63) is 23.7 Å². The summed E-state index contributed by atoms with van der Waals surface area (Å²) in [5, 5.41) is 0. The molecule has 1 aromatic rings. The molecule has 24 heavy (non-hydrogen) atoms. The fourth-order valence-electron chi connectivity index (χ4n) is 3.23. The largest absolute Gasteiger partial charge is 0.466 e. The minimum atomic E-state index is -3.15. The van der Waals surface area contributed by atoms with Gasteiger partial charge in [-0.15, -0.1) is 0 Å². The molecule has 3 rings (SSSR count). The lowest BCUT2D eigenvalue weighted by Crippen LogP contribution is -2.50. The summed E-state index contributed by atoms with van der Waals surface area (Å²) in [6.07, 6.45) is 2.21. The molecule has 134 valence electrons.